The Morgan fingerprint density at radius 1 is 1.33 bits per heavy atom. The number of rotatable bonds is 6. The van der Waals surface area contributed by atoms with Crippen LogP contribution in [0.25, 0.3) is 0 Å². The summed E-state index contributed by atoms with van der Waals surface area (Å²) in [5.74, 6) is -0.00670. The van der Waals surface area contributed by atoms with E-state index >= 15 is 0 Å². The lowest BCUT2D eigenvalue weighted by atomic mass is 9.95. The molecule has 2 amide bonds. The van der Waals surface area contributed by atoms with Crippen LogP contribution in [0.1, 0.15) is 35.2 Å². The van der Waals surface area contributed by atoms with Crippen molar-refractivity contribution in [3.63, 3.8) is 0 Å². The number of nitrogens with zero attached hydrogens (tertiary/aromatic N) is 2. The molecule has 1 aromatic carbocycles. The second kappa shape index (κ2) is 9.89. The highest BCUT2D eigenvalue weighted by Gasteiger charge is 2.23. The van der Waals surface area contributed by atoms with Gasteiger partial charge in [0.25, 0.3) is 5.91 Å². The van der Waals surface area contributed by atoms with Gasteiger partial charge in [-0.2, -0.15) is 0 Å². The van der Waals surface area contributed by atoms with E-state index in [-0.39, 0.29) is 17.7 Å². The highest BCUT2D eigenvalue weighted by molar-refractivity contribution is 5.94. The molecular formula is C19H28FN5O2. The number of amides is 2. The predicted molar refractivity (Wildman–Crippen MR) is 103 cm³/mol. The van der Waals surface area contributed by atoms with Gasteiger partial charge in [-0.25, -0.2) is 4.39 Å². The maximum Gasteiger partial charge on any atom is 0.251 e. The minimum absolute atomic E-state index is 0.242. The molecule has 1 aliphatic rings. The molecular weight excluding hydrogens is 349 g/mol. The maximum absolute atomic E-state index is 13.6. The molecule has 0 radical (unpaired) electrons. The van der Waals surface area contributed by atoms with Crippen molar-refractivity contribution < 1.29 is 14.0 Å². The molecule has 1 saturated heterocycles. The molecule has 1 fully saturated rings. The predicted octanol–water partition coefficient (Wildman–Crippen LogP) is 1.03. The van der Waals surface area contributed by atoms with Crippen LogP contribution >= 0.6 is 0 Å². The van der Waals surface area contributed by atoms with E-state index in [0.29, 0.717) is 30.6 Å². The van der Waals surface area contributed by atoms with E-state index in [2.05, 4.69) is 20.5 Å². The Morgan fingerprint density at radius 3 is 2.74 bits per heavy atom. The molecule has 0 aromatic heterocycles. The number of halogens is 1. The van der Waals surface area contributed by atoms with Crippen molar-refractivity contribution in [3.05, 3.63) is 35.1 Å². The average molecular weight is 377 g/mol. The number of hydrogen-bond donors (Lipinski definition) is 3. The van der Waals surface area contributed by atoms with Crippen LogP contribution in [-0.2, 0) is 4.79 Å². The van der Waals surface area contributed by atoms with Crippen molar-refractivity contribution in [1.29, 1.82) is 0 Å². The fraction of sp³-hybridized carbons (Fsp3) is 0.526. The van der Waals surface area contributed by atoms with E-state index in [4.69, 9.17) is 5.73 Å². The number of carbonyl (C=O) groups excluding carboxylic acids is 2. The first-order valence-corrected chi connectivity index (χ1v) is 9.19. The Balaban J connectivity index is 1.78. The molecule has 0 saturated carbocycles. The molecule has 1 heterocycles. The van der Waals surface area contributed by atoms with E-state index in [9.17, 15) is 14.0 Å². The van der Waals surface area contributed by atoms with Crippen LogP contribution < -0.4 is 16.4 Å². The van der Waals surface area contributed by atoms with Gasteiger partial charge in [0, 0.05) is 45.2 Å². The zero-order chi connectivity index (χ0) is 19.8. The first-order valence-electron chi connectivity index (χ1n) is 9.19. The van der Waals surface area contributed by atoms with Gasteiger partial charge in [0.15, 0.2) is 5.96 Å². The third-order valence-electron chi connectivity index (χ3n) is 4.65. The number of nitrogens with two attached hydrogens (primary N) is 1. The molecule has 1 atom stereocenters. The van der Waals surface area contributed by atoms with Gasteiger partial charge in [-0.1, -0.05) is 6.07 Å². The third-order valence-corrected chi connectivity index (χ3v) is 4.65. The van der Waals surface area contributed by atoms with Gasteiger partial charge in [-0.05, 0) is 43.4 Å². The molecule has 8 heteroatoms. The molecule has 7 nitrogen and oxygen atoms in total. The zero-order valence-corrected chi connectivity index (χ0v) is 15.9. The van der Waals surface area contributed by atoms with Crippen LogP contribution in [0.4, 0.5) is 4.39 Å². The standard InChI is InChI=1S/C19H28FN5O2/c1-13-5-6-15(11-16(13)20)18(27)23-7-8-24-19(22-2)25-9-3-4-14(12-25)10-17(21)26/h5-6,11,14H,3-4,7-10,12H2,1-2H3,(H2,21,26)(H,22,24)(H,23,27). The van der Waals surface area contributed by atoms with Crippen molar-refractivity contribution in [3.8, 4) is 0 Å². The normalized spacial score (nSPS) is 17.5. The number of nitrogens with one attached hydrogen (secondary N) is 2. The van der Waals surface area contributed by atoms with Gasteiger partial charge in [0.2, 0.25) is 5.91 Å². The first kappa shape index (κ1) is 20.7. The maximum atomic E-state index is 13.6. The van der Waals surface area contributed by atoms with Gasteiger partial charge in [-0.3, -0.25) is 14.6 Å². The molecule has 1 aliphatic heterocycles. The van der Waals surface area contributed by atoms with Crippen molar-refractivity contribution in [2.24, 2.45) is 16.6 Å². The number of piperidine rings is 1. The second-order valence-corrected chi connectivity index (χ2v) is 6.82. The summed E-state index contributed by atoms with van der Waals surface area (Å²) < 4.78 is 13.6. The number of aliphatic imine (C=N–C) groups is 1. The summed E-state index contributed by atoms with van der Waals surface area (Å²) in [6.45, 7) is 4.12. The summed E-state index contributed by atoms with van der Waals surface area (Å²) >= 11 is 0. The van der Waals surface area contributed by atoms with Gasteiger partial charge in [0.05, 0.1) is 0 Å². The van der Waals surface area contributed by atoms with Crippen LogP contribution in [0.2, 0.25) is 0 Å². The lowest BCUT2D eigenvalue weighted by Gasteiger charge is -2.34. The third kappa shape index (κ3) is 6.23. The SMILES string of the molecule is CN=C(NCCNC(=O)c1ccc(C)c(F)c1)N1CCCC(CC(N)=O)C1. The quantitative estimate of drug-likeness (QED) is 0.392. The molecule has 27 heavy (non-hydrogen) atoms. The van der Waals surface area contributed by atoms with Gasteiger partial charge < -0.3 is 21.3 Å². The monoisotopic (exact) mass is 377 g/mol. The molecule has 1 unspecified atom stereocenters. The van der Waals surface area contributed by atoms with Crippen LogP contribution in [0.5, 0.6) is 0 Å². The lowest BCUT2D eigenvalue weighted by molar-refractivity contribution is -0.119. The van der Waals surface area contributed by atoms with Gasteiger partial charge >= 0.3 is 0 Å². The number of benzene rings is 1. The summed E-state index contributed by atoms with van der Waals surface area (Å²) in [4.78, 5) is 29.6. The van der Waals surface area contributed by atoms with Gasteiger partial charge in [-0.15, -0.1) is 0 Å². The minimum Gasteiger partial charge on any atom is -0.370 e. The summed E-state index contributed by atoms with van der Waals surface area (Å²) in [7, 11) is 1.70. The molecule has 4 N–H and O–H groups in total. The Kier molecular flexibility index (Phi) is 7.57. The Morgan fingerprint density at radius 2 is 2.07 bits per heavy atom. The molecule has 148 valence electrons. The van der Waals surface area contributed by atoms with E-state index in [1.54, 1.807) is 26.1 Å². The molecule has 0 spiro atoms. The van der Waals surface area contributed by atoms with Crippen LogP contribution in [-0.4, -0.2) is 55.9 Å². The van der Waals surface area contributed by atoms with E-state index < -0.39 is 5.82 Å². The Bertz CT molecular complexity index is 707. The number of likely N-dealkylation sites (tertiary alicyclic amines) is 1. The van der Waals surface area contributed by atoms with Crippen molar-refractivity contribution >= 4 is 17.8 Å². The molecule has 1 aromatic rings. The average Bonchev–Trinajstić information content (AvgIpc) is 2.63. The highest BCUT2D eigenvalue weighted by atomic mass is 19.1. The molecule has 0 aliphatic carbocycles. The number of guanidine groups is 1. The van der Waals surface area contributed by atoms with E-state index in [1.165, 1.54) is 6.07 Å². The fourth-order valence-electron chi connectivity index (χ4n) is 3.23. The van der Waals surface area contributed by atoms with E-state index in [0.717, 1.165) is 31.9 Å². The number of aryl methyl sites for hydroxylation is 1. The smallest absolute Gasteiger partial charge is 0.251 e. The summed E-state index contributed by atoms with van der Waals surface area (Å²) in [6.07, 6.45) is 2.35. The summed E-state index contributed by atoms with van der Waals surface area (Å²) in [5.41, 5.74) is 6.11. The fourth-order valence-corrected chi connectivity index (χ4v) is 3.23. The van der Waals surface area contributed by atoms with E-state index in [1.807, 2.05) is 0 Å². The first-order chi connectivity index (χ1) is 12.9. The van der Waals surface area contributed by atoms with Crippen LogP contribution in [0.3, 0.4) is 0 Å². The number of carbonyl (C=O) groups is 2. The summed E-state index contributed by atoms with van der Waals surface area (Å²) in [6, 6.07) is 4.43. The van der Waals surface area contributed by atoms with Crippen LogP contribution in [0, 0.1) is 18.7 Å². The highest BCUT2D eigenvalue weighted by Crippen LogP contribution is 2.19. The Labute approximate surface area is 159 Å². The lowest BCUT2D eigenvalue weighted by Crippen LogP contribution is -2.48. The zero-order valence-electron chi connectivity index (χ0n) is 15.9. The molecule has 0 bridgehead atoms. The van der Waals surface area contributed by atoms with Gasteiger partial charge in [0.1, 0.15) is 5.82 Å². The number of hydrogen-bond acceptors (Lipinski definition) is 3. The number of primary amides is 1. The largest absolute Gasteiger partial charge is 0.370 e. The minimum atomic E-state index is -0.392. The topological polar surface area (TPSA) is 99.8 Å². The van der Waals surface area contributed by atoms with Crippen molar-refractivity contribution in [1.82, 2.24) is 15.5 Å². The van der Waals surface area contributed by atoms with Crippen molar-refractivity contribution in [2.45, 2.75) is 26.2 Å². The van der Waals surface area contributed by atoms with Crippen LogP contribution in [0.15, 0.2) is 23.2 Å². The molecule has 2 rings (SSSR count). The second-order valence-electron chi connectivity index (χ2n) is 6.82. The Hall–Kier alpha value is -2.64. The van der Waals surface area contributed by atoms with Crippen molar-refractivity contribution in [2.75, 3.05) is 33.2 Å². The summed E-state index contributed by atoms with van der Waals surface area (Å²) in [5, 5.41) is 5.97.